The van der Waals surface area contributed by atoms with Crippen molar-refractivity contribution in [2.45, 2.75) is 38.7 Å². The molecule has 37 heavy (non-hydrogen) atoms. The summed E-state index contributed by atoms with van der Waals surface area (Å²) in [5.74, 6) is -2.44. The van der Waals surface area contributed by atoms with Crippen molar-refractivity contribution in [1.82, 2.24) is 9.97 Å². The summed E-state index contributed by atoms with van der Waals surface area (Å²) in [4.78, 5) is 27.8. The van der Waals surface area contributed by atoms with E-state index in [1.54, 1.807) is 9.80 Å². The smallest absolute Gasteiger partial charge is 0.328 e. The van der Waals surface area contributed by atoms with Gasteiger partial charge < -0.3 is 9.80 Å². The number of nitrogens with one attached hydrogen (secondary N) is 1. The molecule has 1 saturated heterocycles. The van der Waals surface area contributed by atoms with Crippen LogP contribution >= 0.6 is 0 Å². The summed E-state index contributed by atoms with van der Waals surface area (Å²) >= 11 is 0. The molecular formula is C27H29F3N6O. The van der Waals surface area contributed by atoms with Gasteiger partial charge in [-0.3, -0.25) is 10.2 Å². The number of hydrogen-bond donors (Lipinski definition) is 1. The van der Waals surface area contributed by atoms with Crippen LogP contribution < -0.4 is 20.0 Å². The van der Waals surface area contributed by atoms with Crippen molar-refractivity contribution in [3.05, 3.63) is 60.5 Å². The summed E-state index contributed by atoms with van der Waals surface area (Å²) in [5.41, 5.74) is 2.95. The Kier molecular flexibility index (Phi) is 6.66. The largest absolute Gasteiger partial charge is 0.369 e. The molecule has 0 bridgehead atoms. The number of pyridine rings is 2. The molecule has 3 aromatic rings. The summed E-state index contributed by atoms with van der Waals surface area (Å²) in [6, 6.07) is 13.3. The lowest BCUT2D eigenvalue weighted by Crippen LogP contribution is -2.42. The number of carbonyl (C=O) groups is 1. The van der Waals surface area contributed by atoms with Gasteiger partial charge in [-0.25, -0.2) is 27.9 Å². The number of halogens is 3. The number of carbonyl (C=O) groups excluding carboxylic acids is 1. The van der Waals surface area contributed by atoms with Gasteiger partial charge in [0.25, 0.3) is 5.92 Å². The topological polar surface area (TPSA) is 64.6 Å². The lowest BCUT2D eigenvalue weighted by Gasteiger charge is -2.28. The minimum atomic E-state index is -2.69. The predicted octanol–water partition coefficient (Wildman–Crippen LogP) is 5.79. The van der Waals surface area contributed by atoms with Gasteiger partial charge in [0.1, 0.15) is 11.6 Å². The van der Waals surface area contributed by atoms with Crippen molar-refractivity contribution in [2.75, 3.05) is 46.2 Å². The normalized spacial score (nSPS) is 18.9. The first kappa shape index (κ1) is 24.9. The maximum atomic E-state index is 13.8. The number of amides is 2. The molecule has 0 unspecified atom stereocenters. The molecule has 0 radical (unpaired) electrons. The van der Waals surface area contributed by atoms with Crippen molar-refractivity contribution in [3.63, 3.8) is 0 Å². The van der Waals surface area contributed by atoms with E-state index in [-0.39, 0.29) is 24.8 Å². The molecular weight excluding hydrogens is 481 g/mol. The predicted molar refractivity (Wildman–Crippen MR) is 139 cm³/mol. The minimum absolute atomic E-state index is 0.161. The van der Waals surface area contributed by atoms with E-state index in [9.17, 15) is 18.0 Å². The molecule has 1 aromatic carbocycles. The van der Waals surface area contributed by atoms with E-state index in [0.717, 1.165) is 37.0 Å². The van der Waals surface area contributed by atoms with Crippen molar-refractivity contribution in [3.8, 4) is 11.3 Å². The standard InChI is InChI=1S/C27H29F3N6O/c1-3-34-13-11-18(2)36(26(37)33-24-10-7-20(28)16-31-24)25-23(34)9-8-22(32-25)19-5-4-6-21(15-19)35-14-12-27(29,30)17-35/h4-10,15-16,18H,3,11-14,17H2,1-2H3,(H,31,33,37)/t18-/m1/s1. The highest BCUT2D eigenvalue weighted by Gasteiger charge is 2.38. The third-order valence-corrected chi connectivity index (χ3v) is 6.92. The summed E-state index contributed by atoms with van der Waals surface area (Å²) in [6.07, 6.45) is 1.61. The van der Waals surface area contributed by atoms with Crippen molar-refractivity contribution >= 4 is 29.0 Å². The van der Waals surface area contributed by atoms with Gasteiger partial charge in [-0.1, -0.05) is 12.1 Å². The van der Waals surface area contributed by atoms with E-state index in [1.165, 1.54) is 12.1 Å². The Hall–Kier alpha value is -3.82. The molecule has 1 N–H and O–H groups in total. The Labute approximate surface area is 213 Å². The fourth-order valence-electron chi connectivity index (χ4n) is 4.89. The fraction of sp³-hybridized carbons (Fsp3) is 0.370. The van der Waals surface area contributed by atoms with E-state index < -0.39 is 17.8 Å². The summed E-state index contributed by atoms with van der Waals surface area (Å²) in [5, 5.41) is 2.76. The highest BCUT2D eigenvalue weighted by atomic mass is 19.3. The average molecular weight is 511 g/mol. The monoisotopic (exact) mass is 510 g/mol. The Bertz CT molecular complexity index is 1290. The van der Waals surface area contributed by atoms with E-state index >= 15 is 0 Å². The molecule has 5 rings (SSSR count). The Morgan fingerprint density at radius 3 is 2.70 bits per heavy atom. The van der Waals surface area contributed by atoms with Crippen LogP contribution in [0.4, 0.5) is 41.0 Å². The van der Waals surface area contributed by atoms with Crippen LogP contribution in [0.3, 0.4) is 0 Å². The average Bonchev–Trinajstić information content (AvgIpc) is 3.18. The summed E-state index contributed by atoms with van der Waals surface area (Å²) < 4.78 is 40.9. The Morgan fingerprint density at radius 1 is 1.16 bits per heavy atom. The number of benzene rings is 1. The molecule has 1 atom stereocenters. The number of aromatic nitrogens is 2. The third-order valence-electron chi connectivity index (χ3n) is 6.92. The quantitative estimate of drug-likeness (QED) is 0.482. The fourth-order valence-corrected chi connectivity index (χ4v) is 4.89. The highest BCUT2D eigenvalue weighted by molar-refractivity contribution is 6.03. The number of hydrogen-bond acceptors (Lipinski definition) is 5. The van der Waals surface area contributed by atoms with Crippen LogP contribution in [0.5, 0.6) is 0 Å². The molecule has 2 aromatic heterocycles. The van der Waals surface area contributed by atoms with Gasteiger partial charge in [0.15, 0.2) is 5.82 Å². The van der Waals surface area contributed by atoms with Gasteiger partial charge in [0.2, 0.25) is 0 Å². The second kappa shape index (κ2) is 9.91. The number of anilines is 4. The maximum absolute atomic E-state index is 13.8. The Balaban J connectivity index is 1.51. The van der Waals surface area contributed by atoms with E-state index in [4.69, 9.17) is 4.98 Å². The molecule has 7 nitrogen and oxygen atoms in total. The minimum Gasteiger partial charge on any atom is -0.369 e. The second-order valence-corrected chi connectivity index (χ2v) is 9.50. The molecule has 10 heteroatoms. The maximum Gasteiger partial charge on any atom is 0.328 e. The molecule has 1 fully saturated rings. The first-order valence-corrected chi connectivity index (χ1v) is 12.4. The molecule has 2 amide bonds. The van der Waals surface area contributed by atoms with Crippen LogP contribution in [0, 0.1) is 5.82 Å². The molecule has 2 aliphatic rings. The number of nitrogens with zero attached hydrogens (tertiary/aromatic N) is 5. The van der Waals surface area contributed by atoms with E-state index in [2.05, 4.69) is 22.1 Å². The van der Waals surface area contributed by atoms with Crippen molar-refractivity contribution in [1.29, 1.82) is 0 Å². The molecule has 194 valence electrons. The van der Waals surface area contributed by atoms with Crippen LogP contribution in [0.25, 0.3) is 11.3 Å². The SMILES string of the molecule is CCN1CC[C@@H](C)N(C(=O)Nc2ccc(F)cn2)c2nc(-c3cccc(N4CCC(F)(F)C4)c3)ccc21. The zero-order valence-corrected chi connectivity index (χ0v) is 20.8. The van der Waals surface area contributed by atoms with E-state index in [1.807, 2.05) is 43.3 Å². The molecule has 4 heterocycles. The molecule has 2 aliphatic heterocycles. The molecule has 0 aliphatic carbocycles. The molecule has 0 saturated carbocycles. The van der Waals surface area contributed by atoms with Gasteiger partial charge in [-0.15, -0.1) is 0 Å². The number of fused-ring (bicyclic) bond motifs is 1. The van der Waals surface area contributed by atoms with Crippen LogP contribution in [0.2, 0.25) is 0 Å². The first-order valence-electron chi connectivity index (χ1n) is 12.4. The summed E-state index contributed by atoms with van der Waals surface area (Å²) in [7, 11) is 0. The van der Waals surface area contributed by atoms with Crippen LogP contribution in [-0.4, -0.2) is 54.1 Å². The lowest BCUT2D eigenvalue weighted by atomic mass is 10.1. The van der Waals surface area contributed by atoms with Crippen LogP contribution in [0.15, 0.2) is 54.7 Å². The van der Waals surface area contributed by atoms with Gasteiger partial charge in [-0.05, 0) is 56.7 Å². The summed E-state index contributed by atoms with van der Waals surface area (Å²) in [6.45, 7) is 5.50. The van der Waals surface area contributed by atoms with Crippen molar-refractivity contribution < 1.29 is 18.0 Å². The van der Waals surface area contributed by atoms with Crippen molar-refractivity contribution in [2.24, 2.45) is 0 Å². The van der Waals surface area contributed by atoms with E-state index in [0.29, 0.717) is 23.7 Å². The zero-order chi connectivity index (χ0) is 26.2. The zero-order valence-electron chi connectivity index (χ0n) is 20.8. The van der Waals surface area contributed by atoms with Crippen LogP contribution in [0.1, 0.15) is 26.7 Å². The highest BCUT2D eigenvalue weighted by Crippen LogP contribution is 2.37. The Morgan fingerprint density at radius 2 is 2.00 bits per heavy atom. The van der Waals surface area contributed by atoms with Gasteiger partial charge in [0, 0.05) is 43.3 Å². The lowest BCUT2D eigenvalue weighted by molar-refractivity contribution is 0.0257. The van der Waals surface area contributed by atoms with Gasteiger partial charge in [0.05, 0.1) is 24.1 Å². The number of alkyl halides is 2. The molecule has 0 spiro atoms. The number of urea groups is 1. The van der Waals surface area contributed by atoms with Crippen LogP contribution in [-0.2, 0) is 0 Å². The number of rotatable bonds is 4. The van der Waals surface area contributed by atoms with Gasteiger partial charge >= 0.3 is 6.03 Å². The second-order valence-electron chi connectivity index (χ2n) is 9.50. The first-order chi connectivity index (χ1) is 17.7. The van der Waals surface area contributed by atoms with Gasteiger partial charge in [-0.2, -0.15) is 0 Å². The third kappa shape index (κ3) is 5.19.